The summed E-state index contributed by atoms with van der Waals surface area (Å²) in [4.78, 5) is 0. The van der Waals surface area contributed by atoms with E-state index in [9.17, 15) is 5.11 Å². The van der Waals surface area contributed by atoms with Crippen molar-refractivity contribution in [1.29, 1.82) is 0 Å². The molecule has 94 valence electrons. The third-order valence-corrected chi connectivity index (χ3v) is 3.40. The highest BCUT2D eigenvalue weighted by molar-refractivity contribution is 5.27. The Morgan fingerprint density at radius 1 is 1.18 bits per heavy atom. The van der Waals surface area contributed by atoms with E-state index in [1.165, 1.54) is 5.56 Å². The van der Waals surface area contributed by atoms with E-state index in [-0.39, 0.29) is 0 Å². The van der Waals surface area contributed by atoms with E-state index in [4.69, 9.17) is 10.5 Å². The number of nitrogens with two attached hydrogens (primary N) is 1. The summed E-state index contributed by atoms with van der Waals surface area (Å²) in [6, 6.07) is 7.95. The molecule has 17 heavy (non-hydrogen) atoms. The molecule has 0 bridgehead atoms. The molecule has 0 atom stereocenters. The van der Waals surface area contributed by atoms with Crippen LogP contribution in [0.25, 0.3) is 0 Å². The summed E-state index contributed by atoms with van der Waals surface area (Å²) in [5.74, 6) is 0.825. The predicted molar refractivity (Wildman–Crippen MR) is 68.1 cm³/mol. The highest BCUT2D eigenvalue weighted by Gasteiger charge is 2.31. The summed E-state index contributed by atoms with van der Waals surface area (Å²) in [6.45, 7) is 1.07. The molecule has 0 spiro atoms. The van der Waals surface area contributed by atoms with Crippen LogP contribution in [-0.4, -0.2) is 23.9 Å². The van der Waals surface area contributed by atoms with Crippen molar-refractivity contribution in [3.05, 3.63) is 29.8 Å². The van der Waals surface area contributed by atoms with E-state index in [0.29, 0.717) is 13.2 Å². The average molecular weight is 235 g/mol. The fourth-order valence-electron chi connectivity index (χ4n) is 2.31. The molecule has 1 aliphatic carbocycles. The summed E-state index contributed by atoms with van der Waals surface area (Å²) in [5, 5.41) is 10.1. The molecule has 0 amide bonds. The fraction of sp³-hybridized carbons (Fsp3) is 0.571. The maximum atomic E-state index is 10.1. The zero-order valence-electron chi connectivity index (χ0n) is 10.2. The third-order valence-electron chi connectivity index (χ3n) is 3.40. The van der Waals surface area contributed by atoms with E-state index in [2.05, 4.69) is 0 Å². The molecule has 3 heteroatoms. The minimum atomic E-state index is -0.601. The first-order chi connectivity index (χ1) is 8.22. The lowest BCUT2D eigenvalue weighted by Crippen LogP contribution is -2.32. The Balaban J connectivity index is 1.86. The van der Waals surface area contributed by atoms with Gasteiger partial charge in [-0.15, -0.1) is 0 Å². The van der Waals surface area contributed by atoms with E-state index in [0.717, 1.165) is 37.9 Å². The van der Waals surface area contributed by atoms with Crippen LogP contribution in [-0.2, 0) is 6.42 Å². The van der Waals surface area contributed by atoms with Crippen molar-refractivity contribution in [2.75, 3.05) is 13.2 Å². The maximum absolute atomic E-state index is 10.1. The van der Waals surface area contributed by atoms with Crippen LogP contribution in [0.15, 0.2) is 24.3 Å². The van der Waals surface area contributed by atoms with Crippen LogP contribution in [0.3, 0.4) is 0 Å². The molecule has 0 radical (unpaired) electrons. The van der Waals surface area contributed by atoms with Gasteiger partial charge in [-0.05, 0) is 43.5 Å². The van der Waals surface area contributed by atoms with Gasteiger partial charge in [0.15, 0.2) is 0 Å². The van der Waals surface area contributed by atoms with Gasteiger partial charge in [0.05, 0.1) is 5.60 Å². The Hall–Kier alpha value is -1.06. The molecule has 1 aromatic carbocycles. The lowest BCUT2D eigenvalue weighted by Gasteiger charge is -2.22. The van der Waals surface area contributed by atoms with Gasteiger partial charge in [0.25, 0.3) is 0 Å². The molecule has 3 N–H and O–H groups in total. The second-order valence-electron chi connectivity index (χ2n) is 4.90. The second-order valence-corrected chi connectivity index (χ2v) is 4.90. The zero-order chi connectivity index (χ0) is 12.1. The Labute approximate surface area is 103 Å². The molecule has 0 aromatic heterocycles. The number of hydrogen-bond donors (Lipinski definition) is 2. The van der Waals surface area contributed by atoms with Crippen molar-refractivity contribution in [2.45, 2.75) is 37.7 Å². The first kappa shape index (κ1) is 12.4. The van der Waals surface area contributed by atoms with E-state index in [1.807, 2.05) is 24.3 Å². The molecule has 0 saturated heterocycles. The number of ether oxygens (including phenoxy) is 1. The van der Waals surface area contributed by atoms with Gasteiger partial charge >= 0.3 is 0 Å². The van der Waals surface area contributed by atoms with Crippen LogP contribution in [0.5, 0.6) is 5.75 Å². The number of hydrogen-bond acceptors (Lipinski definition) is 3. The lowest BCUT2D eigenvalue weighted by molar-refractivity contribution is 0.00141. The standard InChI is InChI=1S/C14H21NO2/c15-10-7-12-3-5-13(6-4-12)17-11-14(16)8-1-2-9-14/h3-6,16H,1-2,7-11,15H2. The number of aliphatic hydroxyl groups is 1. The Morgan fingerprint density at radius 3 is 2.41 bits per heavy atom. The molecule has 1 aliphatic rings. The van der Waals surface area contributed by atoms with Crippen LogP contribution in [0.1, 0.15) is 31.2 Å². The van der Waals surface area contributed by atoms with Gasteiger partial charge in [-0.3, -0.25) is 0 Å². The van der Waals surface area contributed by atoms with Crippen molar-refractivity contribution < 1.29 is 9.84 Å². The first-order valence-corrected chi connectivity index (χ1v) is 6.36. The molecular weight excluding hydrogens is 214 g/mol. The second kappa shape index (κ2) is 5.52. The van der Waals surface area contributed by atoms with Gasteiger partial charge in [0.2, 0.25) is 0 Å². The van der Waals surface area contributed by atoms with Crippen molar-refractivity contribution in [1.82, 2.24) is 0 Å². The van der Waals surface area contributed by atoms with Crippen molar-refractivity contribution in [3.63, 3.8) is 0 Å². The summed E-state index contributed by atoms with van der Waals surface area (Å²) in [7, 11) is 0. The molecule has 0 heterocycles. The largest absolute Gasteiger partial charge is 0.491 e. The summed E-state index contributed by atoms with van der Waals surface area (Å²) in [6.07, 6.45) is 4.82. The van der Waals surface area contributed by atoms with Gasteiger partial charge in [-0.25, -0.2) is 0 Å². The van der Waals surface area contributed by atoms with Gasteiger partial charge in [0, 0.05) is 0 Å². The molecule has 1 aromatic rings. The fourth-order valence-corrected chi connectivity index (χ4v) is 2.31. The van der Waals surface area contributed by atoms with E-state index in [1.54, 1.807) is 0 Å². The van der Waals surface area contributed by atoms with Gasteiger partial charge in [-0.2, -0.15) is 0 Å². The quantitative estimate of drug-likeness (QED) is 0.819. The molecule has 3 nitrogen and oxygen atoms in total. The van der Waals surface area contributed by atoms with Gasteiger partial charge in [0.1, 0.15) is 12.4 Å². The monoisotopic (exact) mass is 235 g/mol. The third kappa shape index (κ3) is 3.45. The summed E-state index contributed by atoms with van der Waals surface area (Å²) in [5.41, 5.74) is 6.11. The highest BCUT2D eigenvalue weighted by atomic mass is 16.5. The molecular formula is C14H21NO2. The van der Waals surface area contributed by atoms with Crippen molar-refractivity contribution in [2.24, 2.45) is 5.73 Å². The average Bonchev–Trinajstić information content (AvgIpc) is 2.76. The highest BCUT2D eigenvalue weighted by Crippen LogP contribution is 2.30. The Kier molecular flexibility index (Phi) is 4.02. The summed E-state index contributed by atoms with van der Waals surface area (Å²) >= 11 is 0. The SMILES string of the molecule is NCCc1ccc(OCC2(O)CCCC2)cc1. The van der Waals surface area contributed by atoms with Gasteiger partial charge in [-0.1, -0.05) is 25.0 Å². The molecule has 1 fully saturated rings. The van der Waals surface area contributed by atoms with Crippen molar-refractivity contribution >= 4 is 0 Å². The van der Waals surface area contributed by atoms with Crippen LogP contribution in [0, 0.1) is 0 Å². The molecule has 2 rings (SSSR count). The molecule has 0 unspecified atom stereocenters. The number of rotatable bonds is 5. The Morgan fingerprint density at radius 2 is 1.82 bits per heavy atom. The lowest BCUT2D eigenvalue weighted by atomic mass is 10.0. The summed E-state index contributed by atoms with van der Waals surface area (Å²) < 4.78 is 5.64. The first-order valence-electron chi connectivity index (χ1n) is 6.36. The minimum absolute atomic E-state index is 0.406. The van der Waals surface area contributed by atoms with Gasteiger partial charge < -0.3 is 15.6 Å². The van der Waals surface area contributed by atoms with Crippen LogP contribution >= 0.6 is 0 Å². The van der Waals surface area contributed by atoms with Crippen LogP contribution in [0.2, 0.25) is 0 Å². The topological polar surface area (TPSA) is 55.5 Å². The predicted octanol–water partition coefficient (Wildman–Crippen LogP) is 1.87. The van der Waals surface area contributed by atoms with Crippen LogP contribution < -0.4 is 10.5 Å². The van der Waals surface area contributed by atoms with E-state index < -0.39 is 5.60 Å². The number of benzene rings is 1. The molecule has 0 aliphatic heterocycles. The normalized spacial score (nSPS) is 18.2. The minimum Gasteiger partial charge on any atom is -0.491 e. The van der Waals surface area contributed by atoms with Crippen molar-refractivity contribution in [3.8, 4) is 5.75 Å². The molecule has 1 saturated carbocycles. The Bertz CT molecular complexity index is 342. The smallest absolute Gasteiger partial charge is 0.119 e. The zero-order valence-corrected chi connectivity index (χ0v) is 10.2. The van der Waals surface area contributed by atoms with Crippen LogP contribution in [0.4, 0.5) is 0 Å². The van der Waals surface area contributed by atoms with E-state index >= 15 is 0 Å². The maximum Gasteiger partial charge on any atom is 0.119 e.